The zero-order chi connectivity index (χ0) is 11.3. The van der Waals surface area contributed by atoms with E-state index >= 15 is 0 Å². The number of ether oxygens (including phenoxy) is 2. The van der Waals surface area contributed by atoms with Gasteiger partial charge in [-0.3, -0.25) is 0 Å². The van der Waals surface area contributed by atoms with Gasteiger partial charge < -0.3 is 9.47 Å². The second-order valence-corrected chi connectivity index (χ2v) is 2.98. The lowest BCUT2D eigenvalue weighted by atomic mass is 10.1. The summed E-state index contributed by atoms with van der Waals surface area (Å²) in [5, 5.41) is 0. The van der Waals surface area contributed by atoms with Crippen LogP contribution in [0.2, 0.25) is 0 Å². The predicted octanol–water partition coefficient (Wildman–Crippen LogP) is 1.79. The van der Waals surface area contributed by atoms with Crippen LogP contribution < -0.4 is 4.74 Å². The van der Waals surface area contributed by atoms with Gasteiger partial charge in [-0.2, -0.15) is 0 Å². The van der Waals surface area contributed by atoms with Gasteiger partial charge in [-0.15, -0.1) is 6.42 Å². The molecular formula is C12H12O3. The number of terminal acetylenes is 1. The molecule has 0 unspecified atom stereocenters. The summed E-state index contributed by atoms with van der Waals surface area (Å²) in [5.74, 6) is 2.36. The van der Waals surface area contributed by atoms with Crippen LogP contribution in [0.5, 0.6) is 5.75 Å². The fourth-order valence-corrected chi connectivity index (χ4v) is 1.16. The molecule has 0 spiro atoms. The Kier molecular flexibility index (Phi) is 3.75. The number of benzene rings is 1. The minimum atomic E-state index is -0.425. The molecule has 1 aromatic carbocycles. The first-order valence-electron chi connectivity index (χ1n) is 4.44. The Hall–Kier alpha value is -1.95. The van der Waals surface area contributed by atoms with Gasteiger partial charge in [-0.05, 0) is 19.1 Å². The van der Waals surface area contributed by atoms with E-state index in [1.807, 2.05) is 13.0 Å². The standard InChI is InChI=1S/C12H12O3/c1-4-7-15-11-6-5-9(2)8-10(11)12(13)14-3/h1,5-6,8H,7H2,2-3H3. The average Bonchev–Trinajstić information content (AvgIpc) is 2.26. The van der Waals surface area contributed by atoms with Crippen molar-refractivity contribution in [2.24, 2.45) is 0 Å². The normalized spacial score (nSPS) is 9.13. The zero-order valence-corrected chi connectivity index (χ0v) is 8.74. The molecule has 1 rings (SSSR count). The molecule has 3 heteroatoms. The lowest BCUT2D eigenvalue weighted by Crippen LogP contribution is -2.06. The van der Waals surface area contributed by atoms with Gasteiger partial charge >= 0.3 is 5.97 Å². The van der Waals surface area contributed by atoms with E-state index < -0.39 is 5.97 Å². The predicted molar refractivity (Wildman–Crippen MR) is 56.8 cm³/mol. The molecule has 0 radical (unpaired) electrons. The summed E-state index contributed by atoms with van der Waals surface area (Å²) in [5.41, 5.74) is 1.36. The van der Waals surface area contributed by atoms with Gasteiger partial charge in [0.1, 0.15) is 17.9 Å². The molecule has 0 saturated heterocycles. The third-order valence-corrected chi connectivity index (χ3v) is 1.85. The van der Waals surface area contributed by atoms with Crippen molar-refractivity contribution in [3.8, 4) is 18.1 Å². The van der Waals surface area contributed by atoms with Gasteiger partial charge in [-0.1, -0.05) is 17.6 Å². The highest BCUT2D eigenvalue weighted by molar-refractivity contribution is 5.92. The number of hydrogen-bond donors (Lipinski definition) is 0. The maximum absolute atomic E-state index is 11.4. The van der Waals surface area contributed by atoms with Crippen molar-refractivity contribution in [3.05, 3.63) is 29.3 Å². The quantitative estimate of drug-likeness (QED) is 0.556. The van der Waals surface area contributed by atoms with Crippen LogP contribution in [-0.2, 0) is 4.74 Å². The van der Waals surface area contributed by atoms with Crippen molar-refractivity contribution in [1.29, 1.82) is 0 Å². The highest BCUT2D eigenvalue weighted by Crippen LogP contribution is 2.20. The molecule has 78 valence electrons. The fourth-order valence-electron chi connectivity index (χ4n) is 1.16. The van der Waals surface area contributed by atoms with Crippen molar-refractivity contribution >= 4 is 5.97 Å². The molecule has 0 fully saturated rings. The smallest absolute Gasteiger partial charge is 0.341 e. The second-order valence-electron chi connectivity index (χ2n) is 2.98. The molecule has 0 aromatic heterocycles. The molecule has 0 heterocycles. The highest BCUT2D eigenvalue weighted by atomic mass is 16.5. The lowest BCUT2D eigenvalue weighted by molar-refractivity contribution is 0.0596. The summed E-state index contributed by atoms with van der Waals surface area (Å²) in [7, 11) is 1.33. The van der Waals surface area contributed by atoms with Crippen molar-refractivity contribution in [2.75, 3.05) is 13.7 Å². The van der Waals surface area contributed by atoms with E-state index in [1.54, 1.807) is 12.1 Å². The van der Waals surface area contributed by atoms with Crippen LogP contribution in [0.3, 0.4) is 0 Å². The first-order chi connectivity index (χ1) is 7.19. The third kappa shape index (κ3) is 2.75. The maximum Gasteiger partial charge on any atom is 0.341 e. The Balaban J connectivity index is 3.04. The van der Waals surface area contributed by atoms with E-state index in [9.17, 15) is 4.79 Å². The zero-order valence-electron chi connectivity index (χ0n) is 8.74. The summed E-state index contributed by atoms with van der Waals surface area (Å²) in [6.45, 7) is 2.02. The van der Waals surface area contributed by atoms with Crippen molar-refractivity contribution in [2.45, 2.75) is 6.92 Å². The van der Waals surface area contributed by atoms with Crippen LogP contribution in [0.25, 0.3) is 0 Å². The van der Waals surface area contributed by atoms with Crippen LogP contribution in [0.1, 0.15) is 15.9 Å². The Labute approximate surface area is 89.0 Å². The van der Waals surface area contributed by atoms with E-state index in [-0.39, 0.29) is 6.61 Å². The van der Waals surface area contributed by atoms with E-state index in [1.165, 1.54) is 7.11 Å². The number of carbonyl (C=O) groups is 1. The highest BCUT2D eigenvalue weighted by Gasteiger charge is 2.12. The summed E-state index contributed by atoms with van der Waals surface area (Å²) in [4.78, 5) is 11.4. The van der Waals surface area contributed by atoms with Crippen molar-refractivity contribution in [3.63, 3.8) is 0 Å². The van der Waals surface area contributed by atoms with Crippen molar-refractivity contribution in [1.82, 2.24) is 0 Å². The topological polar surface area (TPSA) is 35.5 Å². The molecular weight excluding hydrogens is 192 g/mol. The number of hydrogen-bond acceptors (Lipinski definition) is 3. The average molecular weight is 204 g/mol. The maximum atomic E-state index is 11.4. The molecule has 0 atom stereocenters. The van der Waals surface area contributed by atoms with Gasteiger partial charge in [0.25, 0.3) is 0 Å². The Morgan fingerprint density at radius 1 is 1.53 bits per heavy atom. The van der Waals surface area contributed by atoms with E-state index in [0.29, 0.717) is 11.3 Å². The molecule has 0 bridgehead atoms. The van der Waals surface area contributed by atoms with E-state index in [2.05, 4.69) is 10.7 Å². The molecule has 3 nitrogen and oxygen atoms in total. The molecule has 0 saturated carbocycles. The van der Waals surface area contributed by atoms with Crippen LogP contribution in [-0.4, -0.2) is 19.7 Å². The lowest BCUT2D eigenvalue weighted by Gasteiger charge is -2.08. The third-order valence-electron chi connectivity index (χ3n) is 1.85. The Morgan fingerprint density at radius 3 is 2.87 bits per heavy atom. The summed E-state index contributed by atoms with van der Waals surface area (Å²) in [6.07, 6.45) is 5.07. The Bertz CT molecular complexity index is 402. The second kappa shape index (κ2) is 5.06. The van der Waals surface area contributed by atoms with Crippen LogP contribution in [0.15, 0.2) is 18.2 Å². The first kappa shape index (κ1) is 11.1. The molecule has 0 aliphatic heterocycles. The minimum Gasteiger partial charge on any atom is -0.480 e. The minimum absolute atomic E-state index is 0.132. The molecule has 15 heavy (non-hydrogen) atoms. The number of esters is 1. The van der Waals surface area contributed by atoms with Gasteiger partial charge in [0.05, 0.1) is 7.11 Å². The van der Waals surface area contributed by atoms with Crippen LogP contribution in [0.4, 0.5) is 0 Å². The largest absolute Gasteiger partial charge is 0.480 e. The van der Waals surface area contributed by atoms with Crippen LogP contribution >= 0.6 is 0 Å². The van der Waals surface area contributed by atoms with Gasteiger partial charge in [-0.25, -0.2) is 4.79 Å². The molecule has 0 amide bonds. The number of rotatable bonds is 3. The SMILES string of the molecule is C#CCOc1ccc(C)cc1C(=O)OC. The Morgan fingerprint density at radius 2 is 2.27 bits per heavy atom. The van der Waals surface area contributed by atoms with Gasteiger partial charge in [0.15, 0.2) is 0 Å². The van der Waals surface area contributed by atoms with E-state index in [0.717, 1.165) is 5.56 Å². The molecule has 0 aliphatic carbocycles. The monoisotopic (exact) mass is 204 g/mol. The first-order valence-corrected chi connectivity index (χ1v) is 4.44. The molecule has 0 aliphatic rings. The summed E-state index contributed by atoms with van der Waals surface area (Å²) in [6, 6.07) is 5.26. The van der Waals surface area contributed by atoms with E-state index in [4.69, 9.17) is 11.2 Å². The van der Waals surface area contributed by atoms with Crippen LogP contribution in [0, 0.1) is 19.3 Å². The van der Waals surface area contributed by atoms with Gasteiger partial charge in [0, 0.05) is 0 Å². The van der Waals surface area contributed by atoms with Crippen molar-refractivity contribution < 1.29 is 14.3 Å². The summed E-state index contributed by atoms with van der Waals surface area (Å²) < 4.78 is 9.87. The molecule has 1 aromatic rings. The molecule has 0 N–H and O–H groups in total. The number of aryl methyl sites for hydroxylation is 1. The summed E-state index contributed by atoms with van der Waals surface area (Å²) >= 11 is 0. The number of methoxy groups -OCH3 is 1. The fraction of sp³-hybridized carbons (Fsp3) is 0.250. The number of carbonyl (C=O) groups excluding carboxylic acids is 1. The van der Waals surface area contributed by atoms with Gasteiger partial charge in [0.2, 0.25) is 0 Å².